The van der Waals surface area contributed by atoms with Crippen LogP contribution in [0.15, 0.2) is 47.3 Å². The monoisotopic (exact) mass is 340 g/mol. The summed E-state index contributed by atoms with van der Waals surface area (Å²) >= 11 is 0. The molecule has 0 spiro atoms. The summed E-state index contributed by atoms with van der Waals surface area (Å²) in [4.78, 5) is 38.1. The van der Waals surface area contributed by atoms with Crippen molar-refractivity contribution < 1.29 is 9.59 Å². The zero-order valence-corrected chi connectivity index (χ0v) is 14.0. The van der Waals surface area contributed by atoms with Gasteiger partial charge in [0.1, 0.15) is 5.69 Å². The number of nitrogens with one attached hydrogen (secondary N) is 1. The minimum absolute atomic E-state index is 0.0860. The van der Waals surface area contributed by atoms with E-state index in [-0.39, 0.29) is 29.0 Å². The molecule has 1 atom stereocenters. The molecule has 1 aliphatic rings. The van der Waals surface area contributed by atoms with Crippen LogP contribution >= 0.6 is 0 Å². The van der Waals surface area contributed by atoms with Crippen molar-refractivity contribution in [2.45, 2.75) is 12.8 Å². The van der Waals surface area contributed by atoms with Crippen molar-refractivity contribution in [1.82, 2.24) is 14.7 Å². The van der Waals surface area contributed by atoms with Crippen LogP contribution in [-0.4, -0.2) is 39.6 Å². The highest BCUT2D eigenvalue weighted by Gasteiger charge is 2.29. The van der Waals surface area contributed by atoms with Crippen LogP contribution in [0.25, 0.3) is 0 Å². The highest BCUT2D eigenvalue weighted by atomic mass is 16.2. The van der Waals surface area contributed by atoms with E-state index in [1.165, 1.54) is 19.2 Å². The SMILES string of the molecule is Cn1nc(C(=O)N2CCC[C@@H](C(=O)Nc3ccccc3)C2)ccc1=O. The number of carbonyl (C=O) groups is 2. The third-order valence-corrected chi connectivity index (χ3v) is 4.30. The Balaban J connectivity index is 1.68. The van der Waals surface area contributed by atoms with Crippen molar-refractivity contribution in [2.75, 3.05) is 18.4 Å². The Morgan fingerprint density at radius 2 is 1.92 bits per heavy atom. The van der Waals surface area contributed by atoms with Crippen LogP contribution in [0, 0.1) is 5.92 Å². The molecule has 130 valence electrons. The molecule has 0 unspecified atom stereocenters. The molecule has 2 aromatic rings. The average molecular weight is 340 g/mol. The lowest BCUT2D eigenvalue weighted by molar-refractivity contribution is -0.121. The maximum atomic E-state index is 12.6. The maximum absolute atomic E-state index is 12.6. The van der Waals surface area contributed by atoms with E-state index in [1.54, 1.807) is 4.90 Å². The molecule has 1 N–H and O–H groups in total. The second-order valence-electron chi connectivity index (χ2n) is 6.13. The quantitative estimate of drug-likeness (QED) is 0.912. The smallest absolute Gasteiger partial charge is 0.274 e. The van der Waals surface area contributed by atoms with Crippen molar-refractivity contribution >= 4 is 17.5 Å². The number of amides is 2. The Morgan fingerprint density at radius 1 is 1.16 bits per heavy atom. The summed E-state index contributed by atoms with van der Waals surface area (Å²) in [5.74, 6) is -0.602. The first-order valence-corrected chi connectivity index (χ1v) is 8.24. The van der Waals surface area contributed by atoms with E-state index >= 15 is 0 Å². The van der Waals surface area contributed by atoms with E-state index in [1.807, 2.05) is 30.3 Å². The van der Waals surface area contributed by atoms with Crippen molar-refractivity contribution in [2.24, 2.45) is 13.0 Å². The zero-order chi connectivity index (χ0) is 17.8. The molecule has 2 heterocycles. The number of carbonyl (C=O) groups excluding carboxylic acids is 2. The molecule has 1 saturated heterocycles. The summed E-state index contributed by atoms with van der Waals surface area (Å²) < 4.78 is 1.14. The number of hydrogen-bond acceptors (Lipinski definition) is 4. The van der Waals surface area contributed by atoms with Crippen molar-refractivity contribution in [3.63, 3.8) is 0 Å². The van der Waals surface area contributed by atoms with Gasteiger partial charge in [-0.15, -0.1) is 0 Å². The van der Waals surface area contributed by atoms with Crippen LogP contribution in [-0.2, 0) is 11.8 Å². The van der Waals surface area contributed by atoms with E-state index in [4.69, 9.17) is 0 Å². The number of benzene rings is 1. The van der Waals surface area contributed by atoms with E-state index in [0.717, 1.165) is 23.2 Å². The summed E-state index contributed by atoms with van der Waals surface area (Å²) in [5.41, 5.74) is 0.692. The van der Waals surface area contributed by atoms with Crippen LogP contribution in [0.1, 0.15) is 23.3 Å². The van der Waals surface area contributed by atoms with Crippen LogP contribution in [0.2, 0.25) is 0 Å². The number of rotatable bonds is 3. The van der Waals surface area contributed by atoms with Crippen molar-refractivity contribution in [3.8, 4) is 0 Å². The first kappa shape index (κ1) is 16.9. The Bertz CT molecular complexity index is 832. The average Bonchev–Trinajstić information content (AvgIpc) is 2.64. The number of aromatic nitrogens is 2. The molecule has 1 aromatic heterocycles. The zero-order valence-electron chi connectivity index (χ0n) is 14.0. The normalized spacial score (nSPS) is 17.2. The first-order chi connectivity index (χ1) is 12.0. The minimum atomic E-state index is -0.268. The standard InChI is InChI=1S/C18H20N4O3/c1-21-16(23)10-9-15(20-21)18(25)22-11-5-6-13(12-22)17(24)19-14-7-3-2-4-8-14/h2-4,7-10,13H,5-6,11-12H2,1H3,(H,19,24)/t13-/m1/s1. The predicted octanol–water partition coefficient (Wildman–Crippen LogP) is 1.27. The van der Waals surface area contributed by atoms with Gasteiger partial charge >= 0.3 is 0 Å². The topological polar surface area (TPSA) is 84.3 Å². The van der Waals surface area contributed by atoms with Gasteiger partial charge in [0, 0.05) is 31.9 Å². The fourth-order valence-corrected chi connectivity index (χ4v) is 2.92. The molecule has 0 radical (unpaired) electrons. The summed E-state index contributed by atoms with van der Waals surface area (Å²) in [6, 6.07) is 12.0. The lowest BCUT2D eigenvalue weighted by atomic mass is 9.96. The van der Waals surface area contributed by atoms with E-state index in [0.29, 0.717) is 13.1 Å². The fourth-order valence-electron chi connectivity index (χ4n) is 2.92. The van der Waals surface area contributed by atoms with E-state index in [9.17, 15) is 14.4 Å². The Kier molecular flexibility index (Phi) is 4.92. The summed E-state index contributed by atoms with van der Waals surface area (Å²) in [5, 5.41) is 6.89. The number of piperidine rings is 1. The van der Waals surface area contributed by atoms with Gasteiger partial charge < -0.3 is 10.2 Å². The van der Waals surface area contributed by atoms with Crippen LogP contribution in [0.4, 0.5) is 5.69 Å². The first-order valence-electron chi connectivity index (χ1n) is 8.24. The fraction of sp³-hybridized carbons (Fsp3) is 0.333. The molecule has 3 rings (SSSR count). The van der Waals surface area contributed by atoms with Crippen LogP contribution in [0.5, 0.6) is 0 Å². The van der Waals surface area contributed by atoms with Gasteiger partial charge in [-0.2, -0.15) is 5.10 Å². The van der Waals surface area contributed by atoms with Gasteiger partial charge in [0.05, 0.1) is 5.92 Å². The molecule has 1 fully saturated rings. The lowest BCUT2D eigenvalue weighted by Crippen LogP contribution is -2.44. The summed E-state index contributed by atoms with van der Waals surface area (Å²) in [6.45, 7) is 0.931. The number of para-hydroxylation sites is 1. The predicted molar refractivity (Wildman–Crippen MR) is 93.2 cm³/mol. The highest BCUT2D eigenvalue weighted by Crippen LogP contribution is 2.20. The Labute approximate surface area is 145 Å². The molecule has 7 heteroatoms. The molecule has 0 aliphatic carbocycles. The van der Waals surface area contributed by atoms with Crippen molar-refractivity contribution in [1.29, 1.82) is 0 Å². The number of anilines is 1. The third kappa shape index (κ3) is 3.93. The number of aryl methyl sites for hydroxylation is 1. The molecular formula is C18H20N4O3. The van der Waals surface area contributed by atoms with Gasteiger partial charge in [-0.05, 0) is 31.0 Å². The third-order valence-electron chi connectivity index (χ3n) is 4.30. The second-order valence-corrected chi connectivity index (χ2v) is 6.13. The van der Waals surface area contributed by atoms with Crippen LogP contribution < -0.4 is 10.9 Å². The maximum Gasteiger partial charge on any atom is 0.274 e. The molecule has 0 saturated carbocycles. The number of nitrogens with zero attached hydrogens (tertiary/aromatic N) is 3. The van der Waals surface area contributed by atoms with E-state index < -0.39 is 0 Å². The Hall–Kier alpha value is -2.96. The molecule has 25 heavy (non-hydrogen) atoms. The molecule has 1 aromatic carbocycles. The van der Waals surface area contributed by atoms with Gasteiger partial charge in [-0.1, -0.05) is 18.2 Å². The summed E-state index contributed by atoms with van der Waals surface area (Å²) in [7, 11) is 1.51. The molecule has 0 bridgehead atoms. The van der Waals surface area contributed by atoms with E-state index in [2.05, 4.69) is 10.4 Å². The lowest BCUT2D eigenvalue weighted by Gasteiger charge is -2.31. The van der Waals surface area contributed by atoms with Gasteiger partial charge in [0.15, 0.2) is 0 Å². The van der Waals surface area contributed by atoms with Crippen LogP contribution in [0.3, 0.4) is 0 Å². The Morgan fingerprint density at radius 3 is 2.64 bits per heavy atom. The number of hydrogen-bond donors (Lipinski definition) is 1. The minimum Gasteiger partial charge on any atom is -0.336 e. The van der Waals surface area contributed by atoms with Gasteiger partial charge in [0.2, 0.25) is 5.91 Å². The molecule has 1 aliphatic heterocycles. The van der Waals surface area contributed by atoms with Gasteiger partial charge in [0.25, 0.3) is 11.5 Å². The van der Waals surface area contributed by atoms with Gasteiger partial charge in [-0.3, -0.25) is 14.4 Å². The molecule has 7 nitrogen and oxygen atoms in total. The van der Waals surface area contributed by atoms with Gasteiger partial charge in [-0.25, -0.2) is 4.68 Å². The number of likely N-dealkylation sites (tertiary alicyclic amines) is 1. The van der Waals surface area contributed by atoms with Crippen molar-refractivity contribution in [3.05, 3.63) is 58.5 Å². The molecular weight excluding hydrogens is 320 g/mol. The summed E-state index contributed by atoms with van der Waals surface area (Å²) in [6.07, 6.45) is 1.49. The second kappa shape index (κ2) is 7.29. The highest BCUT2D eigenvalue weighted by molar-refractivity contribution is 5.95. The largest absolute Gasteiger partial charge is 0.336 e. The molecule has 2 amide bonds.